The zero-order valence-corrected chi connectivity index (χ0v) is 13.2. The number of hydrogen-bond acceptors (Lipinski definition) is 4. The lowest BCUT2D eigenvalue weighted by Crippen LogP contribution is -2.27. The largest absolute Gasteiger partial charge is 0.399 e. The van der Waals surface area contributed by atoms with Crippen molar-refractivity contribution < 1.29 is 13.2 Å². The van der Waals surface area contributed by atoms with Crippen LogP contribution < -0.4 is 11.1 Å². The summed E-state index contributed by atoms with van der Waals surface area (Å²) in [5, 5.41) is 2.77. The van der Waals surface area contributed by atoms with Crippen LogP contribution in [-0.4, -0.2) is 27.1 Å². The fourth-order valence-corrected chi connectivity index (χ4v) is 2.31. The molecule has 0 aliphatic rings. The van der Waals surface area contributed by atoms with E-state index in [2.05, 4.69) is 26.1 Å². The van der Waals surface area contributed by atoms with Crippen molar-refractivity contribution in [1.29, 1.82) is 0 Å². The molecule has 0 saturated carbocycles. The molecule has 0 atom stereocenters. The molecule has 0 aliphatic carbocycles. The number of sulfone groups is 1. The van der Waals surface area contributed by atoms with Crippen molar-refractivity contribution in [3.63, 3.8) is 0 Å². The van der Waals surface area contributed by atoms with Crippen LogP contribution >= 0.6 is 0 Å². The maximum atomic E-state index is 12.0. The number of nitrogens with one attached hydrogen (secondary N) is 1. The molecule has 1 amide bonds. The Labute approximate surface area is 120 Å². The third-order valence-electron chi connectivity index (χ3n) is 2.78. The molecule has 112 valence electrons. The molecule has 5 nitrogen and oxygen atoms in total. The highest BCUT2D eigenvalue weighted by Crippen LogP contribution is 2.18. The van der Waals surface area contributed by atoms with E-state index in [0.717, 1.165) is 12.7 Å². The van der Waals surface area contributed by atoms with Crippen LogP contribution in [-0.2, 0) is 9.84 Å². The Balaban J connectivity index is 2.86. The highest BCUT2D eigenvalue weighted by Gasteiger charge is 2.15. The Morgan fingerprint density at radius 1 is 1.25 bits per heavy atom. The number of nitrogen functional groups attached to an aromatic ring is 1. The molecule has 0 heterocycles. The van der Waals surface area contributed by atoms with Crippen molar-refractivity contribution in [3.05, 3.63) is 23.8 Å². The van der Waals surface area contributed by atoms with Gasteiger partial charge >= 0.3 is 0 Å². The van der Waals surface area contributed by atoms with E-state index in [-0.39, 0.29) is 27.5 Å². The maximum absolute atomic E-state index is 12.0. The van der Waals surface area contributed by atoms with Crippen molar-refractivity contribution in [3.8, 4) is 0 Å². The van der Waals surface area contributed by atoms with Gasteiger partial charge in [-0.1, -0.05) is 20.8 Å². The lowest BCUT2D eigenvalue weighted by molar-refractivity contribution is 0.0949. The standard InChI is InChI=1S/C14H22N2O3S/c1-14(2,3)5-6-16-13(17)10-7-11(15)9-12(8-10)20(4,18)19/h7-9H,5-6,15H2,1-4H3,(H,16,17). The van der Waals surface area contributed by atoms with Gasteiger partial charge in [-0.2, -0.15) is 0 Å². The van der Waals surface area contributed by atoms with Crippen LogP contribution in [0.5, 0.6) is 0 Å². The molecule has 1 aromatic carbocycles. The average Bonchev–Trinajstić information content (AvgIpc) is 2.25. The second kappa shape index (κ2) is 5.83. The quantitative estimate of drug-likeness (QED) is 0.830. The number of hydrogen-bond donors (Lipinski definition) is 2. The van der Waals surface area contributed by atoms with Crippen molar-refractivity contribution in [1.82, 2.24) is 5.32 Å². The van der Waals surface area contributed by atoms with E-state index >= 15 is 0 Å². The highest BCUT2D eigenvalue weighted by molar-refractivity contribution is 7.90. The molecule has 1 rings (SSSR count). The predicted molar refractivity (Wildman–Crippen MR) is 80.4 cm³/mol. The van der Waals surface area contributed by atoms with Gasteiger partial charge in [-0.3, -0.25) is 4.79 Å². The van der Waals surface area contributed by atoms with Crippen LogP contribution in [0.15, 0.2) is 23.1 Å². The van der Waals surface area contributed by atoms with Gasteiger partial charge in [-0.15, -0.1) is 0 Å². The van der Waals surface area contributed by atoms with Crippen LogP contribution in [0.3, 0.4) is 0 Å². The van der Waals surface area contributed by atoms with Crippen molar-refractivity contribution in [2.75, 3.05) is 18.5 Å². The molecular weight excluding hydrogens is 276 g/mol. The second-order valence-corrected chi connectivity index (χ2v) is 8.15. The van der Waals surface area contributed by atoms with Crippen molar-refractivity contribution in [2.24, 2.45) is 5.41 Å². The van der Waals surface area contributed by atoms with Crippen LogP contribution in [0.1, 0.15) is 37.6 Å². The Kier molecular flexibility index (Phi) is 4.81. The van der Waals surface area contributed by atoms with Crippen molar-refractivity contribution >= 4 is 21.4 Å². The number of benzene rings is 1. The van der Waals surface area contributed by atoms with Crippen LogP contribution in [0.25, 0.3) is 0 Å². The number of anilines is 1. The lowest BCUT2D eigenvalue weighted by atomic mass is 9.92. The summed E-state index contributed by atoms with van der Waals surface area (Å²) < 4.78 is 23.0. The number of rotatable bonds is 4. The number of amides is 1. The summed E-state index contributed by atoms with van der Waals surface area (Å²) >= 11 is 0. The van der Waals surface area contributed by atoms with Gasteiger partial charge in [-0.25, -0.2) is 8.42 Å². The summed E-state index contributed by atoms with van der Waals surface area (Å²) in [7, 11) is -3.39. The first-order valence-electron chi connectivity index (χ1n) is 6.38. The zero-order valence-electron chi connectivity index (χ0n) is 12.4. The molecule has 0 radical (unpaired) electrons. The third kappa shape index (κ3) is 5.21. The van der Waals surface area contributed by atoms with E-state index in [9.17, 15) is 13.2 Å². The molecule has 0 bridgehead atoms. The molecule has 6 heteroatoms. The predicted octanol–water partition coefficient (Wildman–Crippen LogP) is 1.84. The van der Waals surface area contributed by atoms with E-state index < -0.39 is 9.84 Å². The molecular formula is C14H22N2O3S. The van der Waals surface area contributed by atoms with E-state index in [1.54, 1.807) is 0 Å². The fraction of sp³-hybridized carbons (Fsp3) is 0.500. The van der Waals surface area contributed by atoms with E-state index in [4.69, 9.17) is 5.73 Å². The summed E-state index contributed by atoms with van der Waals surface area (Å²) in [6, 6.07) is 4.17. The Morgan fingerprint density at radius 2 is 1.85 bits per heavy atom. The first-order chi connectivity index (χ1) is 8.99. The smallest absolute Gasteiger partial charge is 0.251 e. The Hall–Kier alpha value is -1.56. The molecule has 0 aliphatic heterocycles. The maximum Gasteiger partial charge on any atom is 0.251 e. The SMILES string of the molecule is CC(C)(C)CCNC(=O)c1cc(N)cc(S(C)(=O)=O)c1. The minimum absolute atomic E-state index is 0.0541. The zero-order chi connectivity index (χ0) is 15.6. The van der Waals surface area contributed by atoms with Crippen molar-refractivity contribution in [2.45, 2.75) is 32.1 Å². The summed E-state index contributed by atoms with van der Waals surface area (Å²) in [4.78, 5) is 12.1. The lowest BCUT2D eigenvalue weighted by Gasteiger charge is -2.18. The molecule has 1 aromatic rings. The number of carbonyl (C=O) groups is 1. The molecule has 3 N–H and O–H groups in total. The van der Waals surface area contributed by atoms with Gasteiger partial charge in [0.2, 0.25) is 0 Å². The Morgan fingerprint density at radius 3 is 2.35 bits per heavy atom. The van der Waals surface area contributed by atoms with Gasteiger partial charge in [0.15, 0.2) is 9.84 Å². The monoisotopic (exact) mass is 298 g/mol. The minimum atomic E-state index is -3.39. The minimum Gasteiger partial charge on any atom is -0.399 e. The van der Waals surface area contributed by atoms with Gasteiger partial charge in [-0.05, 0) is 30.0 Å². The number of carbonyl (C=O) groups excluding carboxylic acids is 1. The van der Waals surface area contributed by atoms with E-state index in [0.29, 0.717) is 6.54 Å². The molecule has 0 saturated heterocycles. The van der Waals surface area contributed by atoms with Gasteiger partial charge < -0.3 is 11.1 Å². The van der Waals surface area contributed by atoms with Crippen LogP contribution in [0, 0.1) is 5.41 Å². The summed E-state index contributed by atoms with van der Waals surface area (Å²) in [5.41, 5.74) is 6.29. The normalized spacial score (nSPS) is 12.2. The second-order valence-electron chi connectivity index (χ2n) is 6.13. The topological polar surface area (TPSA) is 89.3 Å². The molecule has 0 spiro atoms. The van der Waals surface area contributed by atoms with Crippen LogP contribution in [0.4, 0.5) is 5.69 Å². The van der Waals surface area contributed by atoms with Crippen LogP contribution in [0.2, 0.25) is 0 Å². The first kappa shape index (κ1) is 16.5. The fourth-order valence-electron chi connectivity index (χ4n) is 1.62. The van der Waals surface area contributed by atoms with Gasteiger partial charge in [0.25, 0.3) is 5.91 Å². The van der Waals surface area contributed by atoms with Gasteiger partial charge in [0.05, 0.1) is 4.90 Å². The molecule has 0 fully saturated rings. The van der Waals surface area contributed by atoms with E-state index in [1.165, 1.54) is 18.2 Å². The summed E-state index contributed by atoms with van der Waals surface area (Å²) in [5.74, 6) is -0.313. The summed E-state index contributed by atoms with van der Waals surface area (Å²) in [6.07, 6.45) is 1.92. The number of nitrogens with two attached hydrogens (primary N) is 1. The molecule has 0 unspecified atom stereocenters. The average molecular weight is 298 g/mol. The Bertz CT molecular complexity index is 601. The van der Waals surface area contributed by atoms with E-state index in [1.807, 2.05) is 0 Å². The van der Waals surface area contributed by atoms with Gasteiger partial charge in [0, 0.05) is 24.1 Å². The molecule has 0 aromatic heterocycles. The highest BCUT2D eigenvalue weighted by atomic mass is 32.2. The summed E-state index contributed by atoms with van der Waals surface area (Å²) in [6.45, 7) is 6.79. The first-order valence-corrected chi connectivity index (χ1v) is 8.27. The third-order valence-corrected chi connectivity index (χ3v) is 3.87. The van der Waals surface area contributed by atoms with Gasteiger partial charge in [0.1, 0.15) is 0 Å². The molecule has 20 heavy (non-hydrogen) atoms.